The quantitative estimate of drug-likeness (QED) is 0.359. The SMILES string of the molecule is CCC1CN([C@@H](CO)c2ccccc2)CCN1C(=O)c1cnn2c(N(C)C)c(F)c(-c3ccc(OC)cc3)nc12. The summed E-state index contributed by atoms with van der Waals surface area (Å²) in [4.78, 5) is 24.4. The molecule has 1 N–H and O–H groups in total. The maximum atomic E-state index is 15.8. The number of carbonyl (C=O) groups excluding carboxylic acids is 1. The third-order valence-electron chi connectivity index (χ3n) is 7.63. The van der Waals surface area contributed by atoms with Gasteiger partial charge in [-0.25, -0.2) is 9.37 Å². The predicted molar refractivity (Wildman–Crippen MR) is 152 cm³/mol. The summed E-state index contributed by atoms with van der Waals surface area (Å²) in [7, 11) is 5.04. The molecule has 2 aromatic carbocycles. The van der Waals surface area contributed by atoms with E-state index in [1.807, 2.05) is 35.2 Å². The van der Waals surface area contributed by atoms with Gasteiger partial charge in [-0.3, -0.25) is 9.69 Å². The van der Waals surface area contributed by atoms with Crippen LogP contribution >= 0.6 is 0 Å². The van der Waals surface area contributed by atoms with Crippen LogP contribution in [-0.2, 0) is 0 Å². The highest BCUT2D eigenvalue weighted by atomic mass is 19.1. The van der Waals surface area contributed by atoms with Crippen molar-refractivity contribution in [2.24, 2.45) is 0 Å². The Morgan fingerprint density at radius 1 is 1.15 bits per heavy atom. The molecule has 1 saturated heterocycles. The molecule has 4 aromatic rings. The summed E-state index contributed by atoms with van der Waals surface area (Å²) in [6.45, 7) is 3.79. The van der Waals surface area contributed by atoms with Gasteiger partial charge in [0.1, 0.15) is 17.0 Å². The van der Waals surface area contributed by atoms with Crippen LogP contribution in [0.5, 0.6) is 5.75 Å². The van der Waals surface area contributed by atoms with Crippen LogP contribution in [-0.4, -0.2) is 88.9 Å². The van der Waals surface area contributed by atoms with Crippen molar-refractivity contribution in [3.63, 3.8) is 0 Å². The molecule has 2 aromatic heterocycles. The van der Waals surface area contributed by atoms with Gasteiger partial charge in [0.05, 0.1) is 26.0 Å². The third kappa shape index (κ3) is 5.00. The van der Waals surface area contributed by atoms with Crippen LogP contribution < -0.4 is 9.64 Å². The van der Waals surface area contributed by atoms with Crippen LogP contribution in [0.3, 0.4) is 0 Å². The zero-order valence-electron chi connectivity index (χ0n) is 23.3. The Hall–Kier alpha value is -4.02. The van der Waals surface area contributed by atoms with E-state index in [0.717, 1.165) is 12.0 Å². The van der Waals surface area contributed by atoms with Crippen LogP contribution in [0, 0.1) is 5.82 Å². The first-order valence-electron chi connectivity index (χ1n) is 13.5. The Bertz CT molecular complexity index is 1470. The molecule has 1 unspecified atom stereocenters. The molecule has 1 aliphatic rings. The Labute approximate surface area is 233 Å². The number of rotatable bonds is 8. The number of fused-ring (bicyclic) bond motifs is 1. The highest BCUT2D eigenvalue weighted by molar-refractivity contribution is 6.00. The number of anilines is 1. The lowest BCUT2D eigenvalue weighted by Crippen LogP contribution is -2.56. The van der Waals surface area contributed by atoms with Crippen molar-refractivity contribution < 1.29 is 19.0 Å². The summed E-state index contributed by atoms with van der Waals surface area (Å²) < 4.78 is 22.4. The molecular formula is C30H35FN6O3. The predicted octanol–water partition coefficient (Wildman–Crippen LogP) is 3.88. The van der Waals surface area contributed by atoms with Crippen LogP contribution in [0.2, 0.25) is 0 Å². The van der Waals surface area contributed by atoms with Gasteiger partial charge in [0.25, 0.3) is 5.91 Å². The van der Waals surface area contributed by atoms with Gasteiger partial charge in [-0.15, -0.1) is 0 Å². The highest BCUT2D eigenvalue weighted by Gasteiger charge is 2.35. The molecule has 0 bridgehead atoms. The Kier molecular flexibility index (Phi) is 7.99. The molecule has 2 atom stereocenters. The fourth-order valence-corrected chi connectivity index (χ4v) is 5.48. The maximum absolute atomic E-state index is 15.8. The number of amides is 1. The smallest absolute Gasteiger partial charge is 0.259 e. The Morgan fingerprint density at radius 2 is 1.88 bits per heavy atom. The molecule has 1 aliphatic heterocycles. The van der Waals surface area contributed by atoms with E-state index in [1.165, 1.54) is 10.7 Å². The van der Waals surface area contributed by atoms with E-state index in [4.69, 9.17) is 4.74 Å². The lowest BCUT2D eigenvalue weighted by atomic mass is 10.0. The summed E-state index contributed by atoms with van der Waals surface area (Å²) in [5.41, 5.74) is 2.39. The van der Waals surface area contributed by atoms with E-state index in [-0.39, 0.29) is 36.1 Å². The number of ether oxygens (including phenoxy) is 1. The van der Waals surface area contributed by atoms with Crippen LogP contribution in [0.1, 0.15) is 35.3 Å². The van der Waals surface area contributed by atoms with Gasteiger partial charge in [-0.05, 0) is 36.2 Å². The fourth-order valence-electron chi connectivity index (χ4n) is 5.48. The molecular weight excluding hydrogens is 511 g/mol. The van der Waals surface area contributed by atoms with Crippen molar-refractivity contribution in [2.45, 2.75) is 25.4 Å². The molecule has 210 valence electrons. The summed E-state index contributed by atoms with van der Waals surface area (Å²) in [6, 6.07) is 16.7. The lowest BCUT2D eigenvalue weighted by molar-refractivity contribution is 0.0232. The number of halogens is 1. The third-order valence-corrected chi connectivity index (χ3v) is 7.63. The van der Waals surface area contributed by atoms with E-state index in [1.54, 1.807) is 50.4 Å². The van der Waals surface area contributed by atoms with Crippen molar-refractivity contribution in [1.82, 2.24) is 24.4 Å². The topological polar surface area (TPSA) is 86.4 Å². The number of nitrogens with zero attached hydrogens (tertiary/aromatic N) is 6. The van der Waals surface area contributed by atoms with Gasteiger partial charge in [0.2, 0.25) is 0 Å². The van der Waals surface area contributed by atoms with Gasteiger partial charge < -0.3 is 19.6 Å². The zero-order valence-corrected chi connectivity index (χ0v) is 23.3. The molecule has 1 fully saturated rings. The average molecular weight is 547 g/mol. The number of methoxy groups -OCH3 is 1. The van der Waals surface area contributed by atoms with Crippen molar-refractivity contribution in [1.29, 1.82) is 0 Å². The molecule has 0 aliphatic carbocycles. The van der Waals surface area contributed by atoms with Gasteiger partial charge in [-0.1, -0.05) is 37.3 Å². The molecule has 3 heterocycles. The first-order chi connectivity index (χ1) is 19.4. The first kappa shape index (κ1) is 27.5. The molecule has 5 rings (SSSR count). The number of carbonyl (C=O) groups is 1. The number of piperazine rings is 1. The molecule has 10 heteroatoms. The van der Waals surface area contributed by atoms with Crippen molar-refractivity contribution in [3.05, 3.63) is 77.7 Å². The molecule has 0 spiro atoms. The number of aromatic nitrogens is 3. The second-order valence-electron chi connectivity index (χ2n) is 10.2. The minimum absolute atomic E-state index is 0.000619. The largest absolute Gasteiger partial charge is 0.497 e. The highest BCUT2D eigenvalue weighted by Crippen LogP contribution is 2.32. The van der Waals surface area contributed by atoms with E-state index >= 15 is 4.39 Å². The minimum atomic E-state index is -0.527. The standard InChI is InChI=1S/C30H35FN6O3/c1-5-22-18-35(25(19-38)20-9-7-6-8-10-20)15-16-36(22)30(39)24-17-32-37-28(24)33-27(26(31)29(37)34(2)3)21-11-13-23(40-4)14-12-21/h6-14,17,22,25,38H,5,15-16,18-19H2,1-4H3/t22?,25-/m0/s1. The summed E-state index contributed by atoms with van der Waals surface area (Å²) in [6.07, 6.45) is 2.23. The number of benzene rings is 2. The monoisotopic (exact) mass is 546 g/mol. The molecule has 0 saturated carbocycles. The van der Waals surface area contributed by atoms with E-state index in [9.17, 15) is 9.90 Å². The van der Waals surface area contributed by atoms with Crippen LogP contribution in [0.4, 0.5) is 10.2 Å². The van der Waals surface area contributed by atoms with Gasteiger partial charge in [0, 0.05) is 45.3 Å². The second kappa shape index (κ2) is 11.6. The van der Waals surface area contributed by atoms with Crippen molar-refractivity contribution >= 4 is 17.4 Å². The van der Waals surface area contributed by atoms with Gasteiger partial charge in [-0.2, -0.15) is 9.61 Å². The lowest BCUT2D eigenvalue weighted by Gasteiger charge is -2.44. The maximum Gasteiger partial charge on any atom is 0.259 e. The molecule has 9 nitrogen and oxygen atoms in total. The van der Waals surface area contributed by atoms with Crippen LogP contribution in [0.15, 0.2) is 60.8 Å². The zero-order chi connectivity index (χ0) is 28.4. The van der Waals surface area contributed by atoms with Crippen molar-refractivity contribution in [3.8, 4) is 17.0 Å². The van der Waals surface area contributed by atoms with E-state index < -0.39 is 5.82 Å². The molecule has 1 amide bonds. The number of aliphatic hydroxyl groups excluding tert-OH is 1. The molecule has 0 radical (unpaired) electrons. The summed E-state index contributed by atoms with van der Waals surface area (Å²) >= 11 is 0. The normalized spacial score (nSPS) is 16.8. The summed E-state index contributed by atoms with van der Waals surface area (Å²) in [5.74, 6) is 0.145. The average Bonchev–Trinajstić information content (AvgIpc) is 3.40. The van der Waals surface area contributed by atoms with Crippen molar-refractivity contribution in [2.75, 3.05) is 52.3 Å². The van der Waals surface area contributed by atoms with Gasteiger partial charge in [0.15, 0.2) is 17.3 Å². The summed E-state index contributed by atoms with van der Waals surface area (Å²) in [5, 5.41) is 14.6. The Balaban J connectivity index is 1.49. The second-order valence-corrected chi connectivity index (χ2v) is 10.2. The van der Waals surface area contributed by atoms with Crippen LogP contribution in [0.25, 0.3) is 16.9 Å². The Morgan fingerprint density at radius 3 is 2.50 bits per heavy atom. The fraction of sp³-hybridized carbons (Fsp3) is 0.367. The van der Waals surface area contributed by atoms with E-state index in [0.29, 0.717) is 42.2 Å². The van der Waals surface area contributed by atoms with E-state index in [2.05, 4.69) is 21.9 Å². The number of hydrogen-bond acceptors (Lipinski definition) is 7. The number of hydrogen-bond donors (Lipinski definition) is 1. The number of aliphatic hydroxyl groups is 1. The molecule has 40 heavy (non-hydrogen) atoms. The minimum Gasteiger partial charge on any atom is -0.497 e. The van der Waals surface area contributed by atoms with Gasteiger partial charge >= 0.3 is 0 Å². The first-order valence-corrected chi connectivity index (χ1v) is 13.5.